The topological polar surface area (TPSA) is 32.7 Å². The maximum Gasteiger partial charge on any atom is 0.0817 e. The molecule has 2 saturated heterocycles. The van der Waals surface area contributed by atoms with Crippen molar-refractivity contribution in [3.8, 4) is 0 Å². The molecule has 0 amide bonds. The van der Waals surface area contributed by atoms with E-state index >= 15 is 0 Å². The summed E-state index contributed by atoms with van der Waals surface area (Å²) in [6, 6.07) is 0. The van der Waals surface area contributed by atoms with Gasteiger partial charge in [-0.2, -0.15) is 0 Å². The van der Waals surface area contributed by atoms with Crippen LogP contribution in [-0.4, -0.2) is 48.5 Å². The highest BCUT2D eigenvalue weighted by molar-refractivity contribution is 4.88. The molecule has 2 rings (SSSR count). The molecule has 0 atom stereocenters. The summed E-state index contributed by atoms with van der Waals surface area (Å²) in [7, 11) is 0. The van der Waals surface area contributed by atoms with Crippen LogP contribution in [0.3, 0.4) is 0 Å². The fourth-order valence-corrected chi connectivity index (χ4v) is 2.28. The summed E-state index contributed by atoms with van der Waals surface area (Å²) in [4.78, 5) is 2.34. The van der Waals surface area contributed by atoms with Gasteiger partial charge >= 0.3 is 0 Å². The summed E-state index contributed by atoms with van der Waals surface area (Å²) in [6.07, 6.45) is 1.61. The van der Waals surface area contributed by atoms with Gasteiger partial charge in [-0.3, -0.25) is 4.90 Å². The monoisotopic (exact) mass is 185 g/mol. The number of rotatable bonds is 2. The predicted octanol–water partition coefficient (Wildman–Crippen LogP) is 0.480. The SMILES string of the molecule is CC1CN(CC2(O)CCOCC2)C1. The Kier molecular flexibility index (Phi) is 2.58. The highest BCUT2D eigenvalue weighted by Crippen LogP contribution is 2.25. The molecule has 3 heteroatoms. The maximum absolute atomic E-state index is 10.2. The number of β-amino-alcohol motifs (C(OH)–C–C–N with tert-alkyl or cyclic N) is 1. The number of nitrogens with zero attached hydrogens (tertiary/aromatic N) is 1. The molecular weight excluding hydrogens is 166 g/mol. The summed E-state index contributed by atoms with van der Waals surface area (Å²) in [5.41, 5.74) is -0.460. The Hall–Kier alpha value is -0.120. The molecule has 1 N–H and O–H groups in total. The van der Waals surface area contributed by atoms with Crippen molar-refractivity contribution in [2.75, 3.05) is 32.8 Å². The van der Waals surface area contributed by atoms with Crippen LogP contribution in [0.25, 0.3) is 0 Å². The highest BCUT2D eigenvalue weighted by atomic mass is 16.5. The van der Waals surface area contributed by atoms with E-state index in [0.717, 1.165) is 51.6 Å². The molecule has 76 valence electrons. The molecule has 2 aliphatic heterocycles. The first-order valence-electron chi connectivity index (χ1n) is 5.20. The van der Waals surface area contributed by atoms with Gasteiger partial charge < -0.3 is 9.84 Å². The summed E-state index contributed by atoms with van der Waals surface area (Å²) in [5, 5.41) is 10.2. The van der Waals surface area contributed by atoms with Crippen LogP contribution in [0, 0.1) is 5.92 Å². The number of ether oxygens (including phenoxy) is 1. The lowest BCUT2D eigenvalue weighted by molar-refractivity contribution is -0.0931. The molecule has 0 aromatic rings. The minimum atomic E-state index is -0.460. The van der Waals surface area contributed by atoms with Crippen LogP contribution in [-0.2, 0) is 4.74 Å². The van der Waals surface area contributed by atoms with Gasteiger partial charge in [0.2, 0.25) is 0 Å². The summed E-state index contributed by atoms with van der Waals surface area (Å²) in [6.45, 7) is 6.86. The van der Waals surface area contributed by atoms with E-state index in [-0.39, 0.29) is 0 Å². The molecule has 2 aliphatic rings. The molecule has 2 fully saturated rings. The van der Waals surface area contributed by atoms with E-state index in [1.165, 1.54) is 0 Å². The van der Waals surface area contributed by atoms with Crippen LogP contribution < -0.4 is 0 Å². The van der Waals surface area contributed by atoms with Gasteiger partial charge in [0.05, 0.1) is 5.60 Å². The second kappa shape index (κ2) is 3.56. The molecule has 0 spiro atoms. The lowest BCUT2D eigenvalue weighted by Gasteiger charge is -2.43. The smallest absolute Gasteiger partial charge is 0.0817 e. The molecule has 2 heterocycles. The van der Waals surface area contributed by atoms with E-state index < -0.39 is 5.60 Å². The van der Waals surface area contributed by atoms with Gasteiger partial charge in [0.25, 0.3) is 0 Å². The standard InChI is InChI=1S/C10H19NO2/c1-9-6-11(7-9)8-10(12)2-4-13-5-3-10/h9,12H,2-8H2,1H3. The van der Waals surface area contributed by atoms with Crippen molar-refractivity contribution in [1.82, 2.24) is 4.90 Å². The number of hydrogen-bond acceptors (Lipinski definition) is 3. The third-order valence-electron chi connectivity index (χ3n) is 3.08. The van der Waals surface area contributed by atoms with Gasteiger partial charge in [0.1, 0.15) is 0 Å². The minimum Gasteiger partial charge on any atom is -0.388 e. The van der Waals surface area contributed by atoms with Crippen molar-refractivity contribution < 1.29 is 9.84 Å². The van der Waals surface area contributed by atoms with Gasteiger partial charge in [-0.25, -0.2) is 0 Å². The summed E-state index contributed by atoms with van der Waals surface area (Å²) in [5.74, 6) is 0.823. The number of likely N-dealkylation sites (tertiary alicyclic amines) is 1. The molecule has 0 aromatic heterocycles. The molecule has 13 heavy (non-hydrogen) atoms. The zero-order chi connectivity index (χ0) is 9.31. The number of aliphatic hydroxyl groups is 1. The first kappa shape index (κ1) is 9.44. The normalized spacial score (nSPS) is 30.0. The van der Waals surface area contributed by atoms with Crippen molar-refractivity contribution in [3.63, 3.8) is 0 Å². The molecule has 0 aliphatic carbocycles. The van der Waals surface area contributed by atoms with Gasteiger partial charge in [0, 0.05) is 45.7 Å². The zero-order valence-corrected chi connectivity index (χ0v) is 8.33. The molecule has 0 radical (unpaired) electrons. The second-order valence-corrected chi connectivity index (χ2v) is 4.64. The Labute approximate surface area is 79.7 Å². The van der Waals surface area contributed by atoms with E-state index in [1.807, 2.05) is 0 Å². The van der Waals surface area contributed by atoms with Crippen LogP contribution >= 0.6 is 0 Å². The van der Waals surface area contributed by atoms with Crippen LogP contribution in [0.15, 0.2) is 0 Å². The number of hydrogen-bond donors (Lipinski definition) is 1. The average Bonchev–Trinajstić information content (AvgIpc) is 2.02. The van der Waals surface area contributed by atoms with E-state index in [0.29, 0.717) is 0 Å². The van der Waals surface area contributed by atoms with E-state index in [4.69, 9.17) is 4.74 Å². The van der Waals surface area contributed by atoms with E-state index in [2.05, 4.69) is 11.8 Å². The van der Waals surface area contributed by atoms with E-state index in [1.54, 1.807) is 0 Å². The van der Waals surface area contributed by atoms with Crippen LogP contribution in [0.2, 0.25) is 0 Å². The fraction of sp³-hybridized carbons (Fsp3) is 1.00. The van der Waals surface area contributed by atoms with Crippen molar-refractivity contribution in [3.05, 3.63) is 0 Å². The van der Waals surface area contributed by atoms with Crippen molar-refractivity contribution in [2.45, 2.75) is 25.4 Å². The quantitative estimate of drug-likeness (QED) is 0.679. The van der Waals surface area contributed by atoms with Crippen molar-refractivity contribution in [1.29, 1.82) is 0 Å². The van der Waals surface area contributed by atoms with Gasteiger partial charge in [0.15, 0.2) is 0 Å². The molecular formula is C10H19NO2. The lowest BCUT2D eigenvalue weighted by Crippen LogP contribution is -2.54. The van der Waals surface area contributed by atoms with Gasteiger partial charge in [-0.1, -0.05) is 6.92 Å². The second-order valence-electron chi connectivity index (χ2n) is 4.64. The van der Waals surface area contributed by atoms with Gasteiger partial charge in [-0.15, -0.1) is 0 Å². The van der Waals surface area contributed by atoms with Gasteiger partial charge in [-0.05, 0) is 5.92 Å². The third kappa shape index (κ3) is 2.22. The van der Waals surface area contributed by atoms with Crippen molar-refractivity contribution >= 4 is 0 Å². The Balaban J connectivity index is 1.78. The van der Waals surface area contributed by atoms with E-state index in [9.17, 15) is 5.11 Å². The maximum atomic E-state index is 10.2. The molecule has 0 bridgehead atoms. The van der Waals surface area contributed by atoms with Crippen LogP contribution in [0.4, 0.5) is 0 Å². The Morgan fingerprint density at radius 1 is 1.38 bits per heavy atom. The Morgan fingerprint density at radius 2 is 2.00 bits per heavy atom. The molecule has 3 nitrogen and oxygen atoms in total. The zero-order valence-electron chi connectivity index (χ0n) is 8.33. The molecule has 0 unspecified atom stereocenters. The van der Waals surface area contributed by atoms with Crippen LogP contribution in [0.5, 0.6) is 0 Å². The Morgan fingerprint density at radius 3 is 2.54 bits per heavy atom. The summed E-state index contributed by atoms with van der Waals surface area (Å²) < 4.78 is 5.24. The fourth-order valence-electron chi connectivity index (χ4n) is 2.28. The largest absolute Gasteiger partial charge is 0.388 e. The average molecular weight is 185 g/mol. The first-order valence-corrected chi connectivity index (χ1v) is 5.20. The molecule has 0 aromatic carbocycles. The third-order valence-corrected chi connectivity index (χ3v) is 3.08. The Bertz CT molecular complexity index is 172. The summed E-state index contributed by atoms with van der Waals surface area (Å²) >= 11 is 0. The van der Waals surface area contributed by atoms with Crippen LogP contribution in [0.1, 0.15) is 19.8 Å². The lowest BCUT2D eigenvalue weighted by atomic mass is 9.91. The first-order chi connectivity index (χ1) is 6.18. The molecule has 0 saturated carbocycles. The highest BCUT2D eigenvalue weighted by Gasteiger charge is 2.35. The van der Waals surface area contributed by atoms with Crippen molar-refractivity contribution in [2.24, 2.45) is 5.92 Å². The predicted molar refractivity (Wildman–Crippen MR) is 50.6 cm³/mol. The minimum absolute atomic E-state index is 0.460.